The third-order valence-corrected chi connectivity index (χ3v) is 4.15. The first-order valence-corrected chi connectivity index (χ1v) is 8.40. The molecule has 23 heavy (non-hydrogen) atoms. The van der Waals surface area contributed by atoms with Crippen LogP contribution in [0.3, 0.4) is 0 Å². The number of halogens is 1. The molecular weight excluding hydrogens is 421 g/mol. The Hall–Kier alpha value is -1.22. The van der Waals surface area contributed by atoms with E-state index in [9.17, 15) is 0 Å². The molecule has 7 heteroatoms. The van der Waals surface area contributed by atoms with Crippen LogP contribution in [0.1, 0.15) is 16.7 Å². The minimum absolute atomic E-state index is 0. The van der Waals surface area contributed by atoms with Gasteiger partial charge in [-0.2, -0.15) is 5.10 Å². The molecule has 0 saturated carbocycles. The van der Waals surface area contributed by atoms with Gasteiger partial charge in [0.1, 0.15) is 0 Å². The number of rotatable bonds is 5. The number of benzene rings is 1. The SMILES string of the molecule is CN=C(NCc1cnn(C)c1)NCc1ccc(C)cc1SC.I. The van der Waals surface area contributed by atoms with Crippen molar-refractivity contribution in [3.63, 3.8) is 0 Å². The number of guanidine groups is 1. The molecule has 0 aliphatic heterocycles. The van der Waals surface area contributed by atoms with Crippen LogP contribution < -0.4 is 10.6 Å². The molecule has 0 amide bonds. The van der Waals surface area contributed by atoms with Crippen LogP contribution in [-0.2, 0) is 20.1 Å². The topological polar surface area (TPSA) is 54.2 Å². The maximum atomic E-state index is 4.26. The molecule has 126 valence electrons. The average Bonchev–Trinajstić information content (AvgIpc) is 2.94. The zero-order valence-electron chi connectivity index (χ0n) is 14.0. The second-order valence-electron chi connectivity index (χ2n) is 5.12. The van der Waals surface area contributed by atoms with Gasteiger partial charge in [-0.25, -0.2) is 0 Å². The maximum absolute atomic E-state index is 4.26. The van der Waals surface area contributed by atoms with Crippen molar-refractivity contribution in [1.82, 2.24) is 20.4 Å². The quantitative estimate of drug-likeness (QED) is 0.322. The zero-order valence-corrected chi connectivity index (χ0v) is 17.1. The molecule has 2 aromatic rings. The third-order valence-electron chi connectivity index (χ3n) is 3.33. The molecule has 0 aliphatic rings. The Morgan fingerprint density at radius 2 is 2.04 bits per heavy atom. The van der Waals surface area contributed by atoms with E-state index in [1.807, 2.05) is 19.4 Å². The number of nitrogens with one attached hydrogen (secondary N) is 2. The molecule has 0 unspecified atom stereocenters. The molecule has 2 N–H and O–H groups in total. The number of nitrogens with zero attached hydrogens (tertiary/aromatic N) is 3. The van der Waals surface area contributed by atoms with E-state index in [1.165, 1.54) is 16.0 Å². The second kappa shape index (κ2) is 9.82. The minimum Gasteiger partial charge on any atom is -0.352 e. The summed E-state index contributed by atoms with van der Waals surface area (Å²) in [5, 5.41) is 10.8. The van der Waals surface area contributed by atoms with Crippen molar-refractivity contribution in [3.8, 4) is 0 Å². The van der Waals surface area contributed by atoms with Crippen LogP contribution >= 0.6 is 35.7 Å². The van der Waals surface area contributed by atoms with Gasteiger partial charge in [0.15, 0.2) is 5.96 Å². The highest BCUT2D eigenvalue weighted by Gasteiger charge is 2.04. The highest BCUT2D eigenvalue weighted by atomic mass is 127. The Morgan fingerprint density at radius 3 is 2.65 bits per heavy atom. The van der Waals surface area contributed by atoms with Crippen LogP contribution in [0, 0.1) is 6.92 Å². The predicted molar refractivity (Wildman–Crippen MR) is 109 cm³/mol. The smallest absolute Gasteiger partial charge is 0.191 e. The van der Waals surface area contributed by atoms with Crippen molar-refractivity contribution in [2.75, 3.05) is 13.3 Å². The van der Waals surface area contributed by atoms with Crippen LogP contribution in [0.5, 0.6) is 0 Å². The fourth-order valence-electron chi connectivity index (χ4n) is 2.15. The Balaban J connectivity index is 0.00000264. The van der Waals surface area contributed by atoms with E-state index in [0.717, 1.165) is 18.1 Å². The highest BCUT2D eigenvalue weighted by molar-refractivity contribution is 14.0. The van der Waals surface area contributed by atoms with Gasteiger partial charge in [0.05, 0.1) is 6.20 Å². The molecule has 0 fully saturated rings. The van der Waals surface area contributed by atoms with Gasteiger partial charge in [0.25, 0.3) is 0 Å². The zero-order chi connectivity index (χ0) is 15.9. The Labute approximate surface area is 159 Å². The van der Waals surface area contributed by atoms with Crippen molar-refractivity contribution in [1.29, 1.82) is 0 Å². The van der Waals surface area contributed by atoms with Gasteiger partial charge >= 0.3 is 0 Å². The van der Waals surface area contributed by atoms with E-state index >= 15 is 0 Å². The summed E-state index contributed by atoms with van der Waals surface area (Å²) in [5.41, 5.74) is 3.69. The van der Waals surface area contributed by atoms with Crippen LogP contribution in [0.15, 0.2) is 40.5 Å². The second-order valence-corrected chi connectivity index (χ2v) is 5.96. The molecule has 0 aliphatic carbocycles. The normalized spacial score (nSPS) is 11.0. The molecule has 0 radical (unpaired) electrons. The van der Waals surface area contributed by atoms with Crippen molar-refractivity contribution < 1.29 is 0 Å². The molecule has 1 aromatic carbocycles. The van der Waals surface area contributed by atoms with Crippen molar-refractivity contribution >= 4 is 41.7 Å². The van der Waals surface area contributed by atoms with Crippen molar-refractivity contribution in [2.24, 2.45) is 12.0 Å². The summed E-state index contributed by atoms with van der Waals surface area (Å²) >= 11 is 1.77. The van der Waals surface area contributed by atoms with E-state index in [-0.39, 0.29) is 24.0 Å². The molecule has 5 nitrogen and oxygen atoms in total. The molecule has 0 spiro atoms. The molecule has 0 saturated heterocycles. The summed E-state index contributed by atoms with van der Waals surface area (Å²) in [6.45, 7) is 3.57. The van der Waals surface area contributed by atoms with Crippen LogP contribution in [0.25, 0.3) is 0 Å². The van der Waals surface area contributed by atoms with Gasteiger partial charge in [-0.15, -0.1) is 35.7 Å². The van der Waals surface area contributed by atoms with E-state index in [0.29, 0.717) is 6.54 Å². The lowest BCUT2D eigenvalue weighted by Crippen LogP contribution is -2.36. The summed E-state index contributed by atoms with van der Waals surface area (Å²) in [5.74, 6) is 0.788. The van der Waals surface area contributed by atoms with Gasteiger partial charge in [-0.1, -0.05) is 12.1 Å². The van der Waals surface area contributed by atoms with Gasteiger partial charge in [0, 0.05) is 43.8 Å². The number of aliphatic imine (C=N–C) groups is 1. The van der Waals surface area contributed by atoms with Gasteiger partial charge < -0.3 is 10.6 Å². The fourth-order valence-corrected chi connectivity index (χ4v) is 2.85. The third kappa shape index (κ3) is 6.06. The summed E-state index contributed by atoms with van der Waals surface area (Å²) in [6.07, 6.45) is 5.95. The van der Waals surface area contributed by atoms with Crippen molar-refractivity contribution in [2.45, 2.75) is 24.9 Å². The Bertz CT molecular complexity index is 654. The summed E-state index contributed by atoms with van der Waals surface area (Å²) in [7, 11) is 3.70. The lowest BCUT2D eigenvalue weighted by Gasteiger charge is -2.13. The van der Waals surface area contributed by atoms with Crippen LogP contribution in [-0.4, -0.2) is 29.0 Å². The monoisotopic (exact) mass is 445 g/mol. The van der Waals surface area contributed by atoms with Gasteiger partial charge in [-0.3, -0.25) is 9.67 Å². The molecule has 2 rings (SSSR count). The highest BCUT2D eigenvalue weighted by Crippen LogP contribution is 2.21. The van der Waals surface area contributed by atoms with Gasteiger partial charge in [0.2, 0.25) is 0 Å². The predicted octanol–water partition coefficient (Wildman–Crippen LogP) is 2.93. The standard InChI is InChI=1S/C16H23N5S.HI/c1-12-5-6-14(15(7-12)22-4)10-19-16(17-2)18-8-13-9-20-21(3)11-13;/h5-7,9,11H,8,10H2,1-4H3,(H2,17,18,19);1H. The van der Waals surface area contributed by atoms with Gasteiger partial charge in [-0.05, 0) is 30.4 Å². The first-order chi connectivity index (χ1) is 10.6. The molecule has 1 heterocycles. The first kappa shape index (κ1) is 19.8. The van der Waals surface area contributed by atoms with E-state index in [1.54, 1.807) is 23.5 Å². The minimum atomic E-state index is 0. The van der Waals surface area contributed by atoms with Crippen molar-refractivity contribution in [3.05, 3.63) is 47.3 Å². The summed E-state index contributed by atoms with van der Waals surface area (Å²) < 4.78 is 1.80. The maximum Gasteiger partial charge on any atom is 0.191 e. The Morgan fingerprint density at radius 1 is 1.30 bits per heavy atom. The van der Waals surface area contributed by atoms with E-state index in [4.69, 9.17) is 0 Å². The van der Waals surface area contributed by atoms with E-state index < -0.39 is 0 Å². The number of hydrogen-bond donors (Lipinski definition) is 2. The number of aryl methyl sites for hydroxylation is 2. The lowest BCUT2D eigenvalue weighted by molar-refractivity contribution is 0.764. The average molecular weight is 445 g/mol. The van der Waals surface area contributed by atoms with Crippen LogP contribution in [0.2, 0.25) is 0 Å². The summed E-state index contributed by atoms with van der Waals surface area (Å²) in [4.78, 5) is 5.56. The molecule has 1 aromatic heterocycles. The molecule has 0 atom stereocenters. The largest absolute Gasteiger partial charge is 0.352 e. The number of aromatic nitrogens is 2. The summed E-state index contributed by atoms with van der Waals surface area (Å²) in [6, 6.07) is 6.53. The number of thioether (sulfide) groups is 1. The number of hydrogen-bond acceptors (Lipinski definition) is 3. The Kier molecular flexibility index (Phi) is 8.46. The van der Waals surface area contributed by atoms with E-state index in [2.05, 4.69) is 52.1 Å². The molecular formula is C16H24IN5S. The van der Waals surface area contributed by atoms with Crippen LogP contribution in [0.4, 0.5) is 0 Å². The first-order valence-electron chi connectivity index (χ1n) is 7.18. The molecule has 0 bridgehead atoms. The lowest BCUT2D eigenvalue weighted by atomic mass is 10.1. The fraction of sp³-hybridized carbons (Fsp3) is 0.375.